The predicted octanol–water partition coefficient (Wildman–Crippen LogP) is 4.02. The van der Waals surface area contributed by atoms with Crippen molar-refractivity contribution in [3.63, 3.8) is 0 Å². The van der Waals surface area contributed by atoms with E-state index >= 15 is 0 Å². The Labute approximate surface area is 94.7 Å². The van der Waals surface area contributed by atoms with Gasteiger partial charge in [-0.2, -0.15) is 0 Å². The second kappa shape index (κ2) is 3.53. The van der Waals surface area contributed by atoms with E-state index < -0.39 is 0 Å². The van der Waals surface area contributed by atoms with E-state index in [1.54, 1.807) is 0 Å². The summed E-state index contributed by atoms with van der Waals surface area (Å²) in [4.78, 5) is 3.23. The molecule has 1 heterocycles. The minimum Gasteiger partial charge on any atom is -0.361 e. The molecule has 1 heteroatoms. The molecule has 3 rings (SSSR count). The number of nitrogens with one attached hydrogen (secondary N) is 1. The van der Waals surface area contributed by atoms with Gasteiger partial charge in [0.05, 0.1) is 0 Å². The van der Waals surface area contributed by atoms with E-state index in [1.165, 1.54) is 22.0 Å². The van der Waals surface area contributed by atoms with Crippen LogP contribution in [0.1, 0.15) is 5.56 Å². The maximum atomic E-state index is 3.95. The van der Waals surface area contributed by atoms with Gasteiger partial charge in [-0.25, -0.2) is 0 Å². The van der Waals surface area contributed by atoms with Gasteiger partial charge >= 0.3 is 0 Å². The Kier molecular flexibility index (Phi) is 2.03. The van der Waals surface area contributed by atoms with Crippen LogP contribution in [0.4, 0.5) is 0 Å². The van der Waals surface area contributed by atoms with Crippen LogP contribution < -0.4 is 0 Å². The van der Waals surface area contributed by atoms with E-state index in [1.807, 2.05) is 18.3 Å². The highest BCUT2D eigenvalue weighted by Gasteiger charge is 2.00. The smallest absolute Gasteiger partial charge is 0.0460 e. The summed E-state index contributed by atoms with van der Waals surface area (Å²) in [7, 11) is 0. The average Bonchev–Trinajstić information content (AvgIpc) is 2.75. The molecule has 16 heavy (non-hydrogen) atoms. The van der Waals surface area contributed by atoms with Gasteiger partial charge in [0.2, 0.25) is 0 Å². The minimum absolute atomic E-state index is 1.05. The van der Waals surface area contributed by atoms with Crippen LogP contribution in [-0.4, -0.2) is 4.98 Å². The fourth-order valence-electron chi connectivity index (χ4n) is 1.98. The molecule has 0 fully saturated rings. The molecule has 1 radical (unpaired) electrons. The van der Waals surface area contributed by atoms with E-state index in [9.17, 15) is 0 Å². The summed E-state index contributed by atoms with van der Waals surface area (Å²) >= 11 is 0. The van der Waals surface area contributed by atoms with Crippen LogP contribution in [0.3, 0.4) is 0 Å². The van der Waals surface area contributed by atoms with Crippen LogP contribution >= 0.6 is 0 Å². The van der Waals surface area contributed by atoms with E-state index in [2.05, 4.69) is 48.3 Å². The van der Waals surface area contributed by atoms with Gasteiger partial charge in [0.15, 0.2) is 0 Å². The molecular weight excluding hydrogens is 194 g/mol. The zero-order valence-corrected chi connectivity index (χ0v) is 8.90. The van der Waals surface area contributed by atoms with Crippen molar-refractivity contribution in [3.8, 4) is 11.1 Å². The summed E-state index contributed by atoms with van der Waals surface area (Å²) in [5.41, 5.74) is 4.65. The Balaban J connectivity index is 2.18. The van der Waals surface area contributed by atoms with Gasteiger partial charge in [0.25, 0.3) is 0 Å². The molecule has 0 aliphatic rings. The third-order valence-corrected chi connectivity index (χ3v) is 2.82. The number of rotatable bonds is 1. The van der Waals surface area contributed by atoms with Crippen LogP contribution in [0.5, 0.6) is 0 Å². The van der Waals surface area contributed by atoms with Crippen LogP contribution in [0, 0.1) is 6.92 Å². The topological polar surface area (TPSA) is 15.8 Å². The molecule has 0 saturated heterocycles. The Morgan fingerprint density at radius 3 is 2.62 bits per heavy atom. The van der Waals surface area contributed by atoms with E-state index in [-0.39, 0.29) is 0 Å². The summed E-state index contributed by atoms with van der Waals surface area (Å²) in [6.07, 6.45) is 1.96. The summed E-state index contributed by atoms with van der Waals surface area (Å²) in [5, 5.41) is 1.24. The average molecular weight is 206 g/mol. The van der Waals surface area contributed by atoms with Gasteiger partial charge in [0, 0.05) is 11.7 Å². The van der Waals surface area contributed by atoms with Crippen molar-refractivity contribution < 1.29 is 0 Å². The number of aromatic nitrogens is 1. The van der Waals surface area contributed by atoms with Crippen LogP contribution in [-0.2, 0) is 0 Å². The summed E-state index contributed by atoms with van der Waals surface area (Å²) in [6.45, 7) is 3.95. The lowest BCUT2D eigenvalue weighted by atomic mass is 10.0. The first-order valence-corrected chi connectivity index (χ1v) is 5.32. The molecule has 0 saturated carbocycles. The molecule has 1 nitrogen and oxygen atoms in total. The van der Waals surface area contributed by atoms with Gasteiger partial charge < -0.3 is 4.98 Å². The largest absolute Gasteiger partial charge is 0.361 e. The quantitative estimate of drug-likeness (QED) is 0.619. The first-order valence-electron chi connectivity index (χ1n) is 5.32. The predicted molar refractivity (Wildman–Crippen MR) is 68.2 cm³/mol. The van der Waals surface area contributed by atoms with Gasteiger partial charge in [0.1, 0.15) is 0 Å². The van der Waals surface area contributed by atoms with Crippen molar-refractivity contribution >= 4 is 10.9 Å². The first kappa shape index (κ1) is 9.22. The van der Waals surface area contributed by atoms with Crippen LogP contribution in [0.15, 0.2) is 54.7 Å². The molecule has 0 aliphatic heterocycles. The number of benzene rings is 2. The van der Waals surface area contributed by atoms with E-state index in [0.29, 0.717) is 0 Å². The molecule has 0 unspecified atom stereocenters. The van der Waals surface area contributed by atoms with Gasteiger partial charge in [-0.15, -0.1) is 0 Å². The number of aromatic amines is 1. The van der Waals surface area contributed by atoms with E-state index in [0.717, 1.165) is 5.56 Å². The normalized spacial score (nSPS) is 10.8. The van der Waals surface area contributed by atoms with Gasteiger partial charge in [-0.3, -0.25) is 0 Å². The fraction of sp³-hybridized carbons (Fsp3) is 0. The number of hydrogen-bond acceptors (Lipinski definition) is 0. The van der Waals surface area contributed by atoms with Crippen molar-refractivity contribution in [3.05, 3.63) is 67.2 Å². The van der Waals surface area contributed by atoms with Gasteiger partial charge in [-0.05, 0) is 41.1 Å². The Bertz CT molecular complexity index is 634. The van der Waals surface area contributed by atoms with Crippen LogP contribution in [0.2, 0.25) is 0 Å². The molecule has 0 spiro atoms. The molecule has 1 N–H and O–H groups in total. The highest BCUT2D eigenvalue weighted by Crippen LogP contribution is 2.24. The second-order valence-corrected chi connectivity index (χ2v) is 3.98. The number of fused-ring (bicyclic) bond motifs is 1. The molecule has 2 aromatic carbocycles. The zero-order chi connectivity index (χ0) is 11.0. The standard InChI is InChI=1S/C15H12N/c1-11-3-2-4-13(9-11)14-6-5-12-7-8-16-15(12)10-14/h2-10,16H,1H2. The van der Waals surface area contributed by atoms with Crippen molar-refractivity contribution in [2.45, 2.75) is 0 Å². The molecule has 1 aromatic heterocycles. The Hall–Kier alpha value is -2.02. The molecule has 77 valence electrons. The summed E-state index contributed by atoms with van der Waals surface area (Å²) < 4.78 is 0. The molecule has 0 aliphatic carbocycles. The number of H-pyrrole nitrogens is 1. The summed E-state index contributed by atoms with van der Waals surface area (Å²) in [6, 6.07) is 16.8. The second-order valence-electron chi connectivity index (χ2n) is 3.98. The maximum absolute atomic E-state index is 3.95. The third-order valence-electron chi connectivity index (χ3n) is 2.82. The van der Waals surface area contributed by atoms with Crippen molar-refractivity contribution in [1.29, 1.82) is 0 Å². The summed E-state index contributed by atoms with van der Waals surface area (Å²) in [5.74, 6) is 0. The molecule has 3 aromatic rings. The Morgan fingerprint density at radius 2 is 1.75 bits per heavy atom. The van der Waals surface area contributed by atoms with E-state index in [4.69, 9.17) is 0 Å². The molecule has 0 atom stereocenters. The SMILES string of the molecule is [CH2]c1cccc(-c2ccc3cc[nH]c3c2)c1. The fourth-order valence-corrected chi connectivity index (χ4v) is 1.98. The van der Waals surface area contributed by atoms with Crippen molar-refractivity contribution in [2.75, 3.05) is 0 Å². The Morgan fingerprint density at radius 1 is 0.875 bits per heavy atom. The first-order chi connectivity index (χ1) is 7.83. The van der Waals surface area contributed by atoms with Crippen LogP contribution in [0.25, 0.3) is 22.0 Å². The maximum Gasteiger partial charge on any atom is 0.0460 e. The minimum atomic E-state index is 1.05. The van der Waals surface area contributed by atoms with Gasteiger partial charge in [-0.1, -0.05) is 36.4 Å². The molecular formula is C15H12N. The number of hydrogen-bond donors (Lipinski definition) is 1. The lowest BCUT2D eigenvalue weighted by Crippen LogP contribution is -1.79. The lowest BCUT2D eigenvalue weighted by molar-refractivity contribution is 1.47. The third kappa shape index (κ3) is 1.50. The monoisotopic (exact) mass is 206 g/mol. The molecule has 0 bridgehead atoms. The zero-order valence-electron chi connectivity index (χ0n) is 8.90. The lowest BCUT2D eigenvalue weighted by Gasteiger charge is -2.03. The van der Waals surface area contributed by atoms with Crippen molar-refractivity contribution in [1.82, 2.24) is 4.98 Å². The molecule has 0 amide bonds. The highest BCUT2D eigenvalue weighted by atomic mass is 14.7. The van der Waals surface area contributed by atoms with Crippen molar-refractivity contribution in [2.24, 2.45) is 0 Å². The highest BCUT2D eigenvalue weighted by molar-refractivity contribution is 5.84.